The van der Waals surface area contributed by atoms with Crippen molar-refractivity contribution < 1.29 is 37.4 Å². The monoisotopic (exact) mass is 694 g/mol. The van der Waals surface area contributed by atoms with Crippen molar-refractivity contribution >= 4 is 17.7 Å². The van der Waals surface area contributed by atoms with Crippen LogP contribution in [0, 0.1) is 23.4 Å². The largest absolute Gasteiger partial charge is 0.497 e. The molecule has 0 radical (unpaired) electrons. The van der Waals surface area contributed by atoms with Gasteiger partial charge in [-0.15, -0.1) is 0 Å². The third kappa shape index (κ3) is 9.85. The Hall–Kier alpha value is -4.42. The van der Waals surface area contributed by atoms with E-state index in [-0.39, 0.29) is 49.7 Å². The number of benzene rings is 3. The van der Waals surface area contributed by atoms with Gasteiger partial charge in [0.1, 0.15) is 34.8 Å². The average Bonchev–Trinajstić information content (AvgIpc) is 3.83. The van der Waals surface area contributed by atoms with E-state index in [1.54, 1.807) is 19.2 Å². The van der Waals surface area contributed by atoms with Crippen molar-refractivity contribution in [2.45, 2.75) is 82.1 Å². The summed E-state index contributed by atoms with van der Waals surface area (Å²) < 4.78 is 47.7. The van der Waals surface area contributed by atoms with E-state index < -0.39 is 47.1 Å². The Labute approximate surface area is 290 Å². The number of aliphatic hydroxyl groups is 1. The van der Waals surface area contributed by atoms with E-state index in [1.807, 2.05) is 24.3 Å². The molecule has 2 aliphatic rings. The van der Waals surface area contributed by atoms with E-state index in [2.05, 4.69) is 16.0 Å². The topological polar surface area (TPSA) is 120 Å². The number of amides is 3. The minimum atomic E-state index is -1.21. The SMILES string of the molecule is COc1cccc(CNC[C@H](O)[C@H](Cc2cc(F)cc(F)c2)NC(=O)[C@H](CCc2cccc(F)c2)N2CC[C@](CC3CC3)(NC(C)=O)C2=O)c1. The normalized spacial score (nSPS) is 19.2. The van der Waals surface area contributed by atoms with Crippen molar-refractivity contribution in [2.75, 3.05) is 20.2 Å². The Morgan fingerprint density at radius 1 is 0.980 bits per heavy atom. The maximum absolute atomic E-state index is 14.3. The van der Waals surface area contributed by atoms with E-state index in [1.165, 1.54) is 24.0 Å². The predicted octanol–water partition coefficient (Wildman–Crippen LogP) is 4.20. The molecule has 268 valence electrons. The maximum Gasteiger partial charge on any atom is 0.249 e. The van der Waals surface area contributed by atoms with Crippen LogP contribution in [0.1, 0.15) is 55.7 Å². The molecule has 1 aliphatic carbocycles. The van der Waals surface area contributed by atoms with Crippen LogP contribution in [-0.2, 0) is 33.8 Å². The lowest BCUT2D eigenvalue weighted by Crippen LogP contribution is -2.59. The third-order valence-corrected chi connectivity index (χ3v) is 9.46. The highest BCUT2D eigenvalue weighted by atomic mass is 19.1. The van der Waals surface area contributed by atoms with Gasteiger partial charge in [0.25, 0.3) is 0 Å². The van der Waals surface area contributed by atoms with Gasteiger partial charge in [0.15, 0.2) is 0 Å². The number of aliphatic hydroxyl groups excluding tert-OH is 1. The number of carbonyl (C=O) groups excluding carboxylic acids is 3. The Morgan fingerprint density at radius 2 is 1.68 bits per heavy atom. The molecule has 0 spiro atoms. The second-order valence-corrected chi connectivity index (χ2v) is 13.5. The number of ether oxygens (including phenoxy) is 1. The average molecular weight is 695 g/mol. The standard InChI is InChI=1S/C38H45F3N4O5/c1-24(46)44-38(21-26-9-10-26)13-14-45(37(38)49)34(12-11-25-5-3-7-29(39)15-25)36(48)43-33(19-28-16-30(40)20-31(41)17-28)35(47)23-42-22-27-6-4-8-32(18-27)50-2/h3-8,15-18,20,26,33-35,42,47H,9-14,19,21-23H2,1-2H3,(H,43,48)(H,44,46)/t33-,34-,35-,38+/m0/s1. The van der Waals surface area contributed by atoms with Crippen LogP contribution in [0.4, 0.5) is 13.2 Å². The smallest absolute Gasteiger partial charge is 0.249 e. The van der Waals surface area contributed by atoms with Crippen LogP contribution in [0.15, 0.2) is 66.7 Å². The molecule has 2 fully saturated rings. The summed E-state index contributed by atoms with van der Waals surface area (Å²) in [7, 11) is 1.56. The highest BCUT2D eigenvalue weighted by molar-refractivity contribution is 5.96. The lowest BCUT2D eigenvalue weighted by molar-refractivity contribution is -0.143. The molecule has 12 heteroatoms. The summed E-state index contributed by atoms with van der Waals surface area (Å²) in [4.78, 5) is 42.2. The molecular weight excluding hydrogens is 649 g/mol. The molecule has 0 unspecified atom stereocenters. The number of rotatable bonds is 17. The number of hydrogen-bond acceptors (Lipinski definition) is 6. The summed E-state index contributed by atoms with van der Waals surface area (Å²) in [6.45, 7) is 1.96. The van der Waals surface area contributed by atoms with Crippen molar-refractivity contribution in [1.29, 1.82) is 0 Å². The number of nitrogens with zero attached hydrogens (tertiary/aromatic N) is 1. The summed E-state index contributed by atoms with van der Waals surface area (Å²) in [5.41, 5.74) is 0.617. The van der Waals surface area contributed by atoms with Crippen LogP contribution in [0.5, 0.6) is 5.75 Å². The Balaban J connectivity index is 1.38. The van der Waals surface area contributed by atoms with Crippen LogP contribution in [-0.4, -0.2) is 71.7 Å². The van der Waals surface area contributed by atoms with Crippen LogP contribution in [0.2, 0.25) is 0 Å². The third-order valence-electron chi connectivity index (χ3n) is 9.46. The fourth-order valence-corrected chi connectivity index (χ4v) is 6.86. The number of likely N-dealkylation sites (tertiary alicyclic amines) is 1. The first kappa shape index (κ1) is 36.9. The first-order valence-electron chi connectivity index (χ1n) is 17.1. The molecule has 9 nitrogen and oxygen atoms in total. The summed E-state index contributed by atoms with van der Waals surface area (Å²) in [6.07, 6.45) is 1.81. The van der Waals surface area contributed by atoms with E-state index in [0.717, 1.165) is 36.6 Å². The van der Waals surface area contributed by atoms with Gasteiger partial charge in [-0.3, -0.25) is 14.4 Å². The number of nitrogens with one attached hydrogen (secondary N) is 3. The second-order valence-electron chi connectivity index (χ2n) is 13.5. The van der Waals surface area contributed by atoms with Gasteiger partial charge >= 0.3 is 0 Å². The zero-order valence-electron chi connectivity index (χ0n) is 28.4. The Morgan fingerprint density at radius 3 is 2.36 bits per heavy atom. The van der Waals surface area contributed by atoms with E-state index in [9.17, 15) is 32.7 Å². The van der Waals surface area contributed by atoms with Gasteiger partial charge in [-0.2, -0.15) is 0 Å². The molecule has 3 aromatic rings. The quantitative estimate of drug-likeness (QED) is 0.168. The van der Waals surface area contributed by atoms with Gasteiger partial charge < -0.3 is 30.7 Å². The molecule has 3 aromatic carbocycles. The fraction of sp³-hybridized carbons (Fsp3) is 0.447. The van der Waals surface area contributed by atoms with Gasteiger partial charge in [-0.05, 0) is 91.1 Å². The van der Waals surface area contributed by atoms with Gasteiger partial charge in [-0.25, -0.2) is 13.2 Å². The number of hydrogen-bond donors (Lipinski definition) is 4. The number of aryl methyl sites for hydroxylation is 1. The minimum Gasteiger partial charge on any atom is -0.497 e. The first-order valence-corrected chi connectivity index (χ1v) is 17.1. The first-order chi connectivity index (χ1) is 23.9. The van der Waals surface area contributed by atoms with Crippen molar-refractivity contribution in [3.63, 3.8) is 0 Å². The minimum absolute atomic E-state index is 0.0174. The van der Waals surface area contributed by atoms with E-state index in [0.29, 0.717) is 36.6 Å². The second kappa shape index (κ2) is 16.5. The summed E-state index contributed by atoms with van der Waals surface area (Å²) in [5, 5.41) is 20.3. The zero-order valence-corrected chi connectivity index (χ0v) is 28.4. The van der Waals surface area contributed by atoms with Crippen molar-refractivity contribution in [3.05, 3.63) is 101 Å². The molecule has 3 amide bonds. The van der Waals surface area contributed by atoms with Crippen molar-refractivity contribution in [1.82, 2.24) is 20.9 Å². The van der Waals surface area contributed by atoms with Crippen LogP contribution >= 0.6 is 0 Å². The van der Waals surface area contributed by atoms with E-state index in [4.69, 9.17) is 4.74 Å². The number of halogens is 3. The summed E-state index contributed by atoms with van der Waals surface area (Å²) in [6, 6.07) is 14.3. The molecule has 1 aliphatic heterocycles. The Kier molecular flexibility index (Phi) is 12.2. The van der Waals surface area contributed by atoms with E-state index >= 15 is 0 Å². The van der Waals surface area contributed by atoms with Gasteiger partial charge in [0.2, 0.25) is 17.7 Å². The highest BCUT2D eigenvalue weighted by Crippen LogP contribution is 2.41. The lowest BCUT2D eigenvalue weighted by Gasteiger charge is -2.33. The molecule has 1 saturated heterocycles. The summed E-state index contributed by atoms with van der Waals surface area (Å²) >= 11 is 0. The molecule has 4 atom stereocenters. The van der Waals surface area contributed by atoms with Crippen LogP contribution in [0.25, 0.3) is 0 Å². The molecule has 4 N–H and O–H groups in total. The molecule has 50 heavy (non-hydrogen) atoms. The number of carbonyl (C=O) groups is 3. The van der Waals surface area contributed by atoms with Crippen molar-refractivity contribution in [3.8, 4) is 5.75 Å². The maximum atomic E-state index is 14.3. The summed E-state index contributed by atoms with van der Waals surface area (Å²) in [5.74, 6) is -2.32. The van der Waals surface area contributed by atoms with Gasteiger partial charge in [0, 0.05) is 32.6 Å². The molecule has 5 rings (SSSR count). The Bertz CT molecular complexity index is 1650. The van der Waals surface area contributed by atoms with Gasteiger partial charge in [-0.1, -0.05) is 37.1 Å². The molecule has 0 aromatic heterocycles. The fourth-order valence-electron chi connectivity index (χ4n) is 6.86. The number of methoxy groups -OCH3 is 1. The van der Waals surface area contributed by atoms with Crippen LogP contribution < -0.4 is 20.7 Å². The van der Waals surface area contributed by atoms with Gasteiger partial charge in [0.05, 0.1) is 19.3 Å². The van der Waals surface area contributed by atoms with Crippen molar-refractivity contribution in [2.24, 2.45) is 5.92 Å². The van der Waals surface area contributed by atoms with Crippen LogP contribution in [0.3, 0.4) is 0 Å². The predicted molar refractivity (Wildman–Crippen MR) is 181 cm³/mol. The zero-order chi connectivity index (χ0) is 35.8. The molecule has 0 bridgehead atoms. The molecule has 1 heterocycles. The highest BCUT2D eigenvalue weighted by Gasteiger charge is 2.52. The molecule has 1 saturated carbocycles. The molecular formula is C38H45F3N4O5. The lowest BCUT2D eigenvalue weighted by atomic mass is 9.90.